The highest BCUT2D eigenvalue weighted by Crippen LogP contribution is 2.20. The third kappa shape index (κ3) is 2.75. The van der Waals surface area contributed by atoms with Crippen LogP contribution in [0.15, 0.2) is 18.2 Å². The smallest absolute Gasteiger partial charge is 0.312 e. The summed E-state index contributed by atoms with van der Waals surface area (Å²) >= 11 is 6.08. The van der Waals surface area contributed by atoms with E-state index < -0.39 is 11.8 Å². The monoisotopic (exact) mass is 291 g/mol. The van der Waals surface area contributed by atoms with Crippen LogP contribution in [0.25, 0.3) is 0 Å². The molecule has 0 aliphatic carbocycles. The summed E-state index contributed by atoms with van der Waals surface area (Å²) in [5, 5.41) is 9.22. The quantitative estimate of drug-likeness (QED) is 0.791. The fourth-order valence-corrected chi connectivity index (χ4v) is 2.36. The molecule has 1 aliphatic heterocycles. The van der Waals surface area contributed by atoms with Gasteiger partial charge in [-0.05, 0) is 24.6 Å². The summed E-state index contributed by atoms with van der Waals surface area (Å²) in [7, 11) is 0. The highest BCUT2D eigenvalue weighted by Gasteiger charge is 2.31. The van der Waals surface area contributed by atoms with E-state index in [1.807, 2.05) is 13.0 Å². The number of benzene rings is 1. The Bertz CT molecular complexity index is 595. The van der Waals surface area contributed by atoms with Gasteiger partial charge in [0.1, 0.15) is 0 Å². The lowest BCUT2D eigenvalue weighted by atomic mass is 10.1. The standard InChI is InChI=1S/C14H14ClN3O2/c1-2-17-5-6-18(14(20)13(17)19)9-11-4-3-10(8-16)7-12(11)15/h3-4,7H,2,5-6,9H2,1H3. The Morgan fingerprint density at radius 2 is 1.90 bits per heavy atom. The fraction of sp³-hybridized carbons (Fsp3) is 0.357. The van der Waals surface area contributed by atoms with Gasteiger partial charge in [-0.1, -0.05) is 17.7 Å². The normalized spacial score (nSPS) is 15.4. The van der Waals surface area contributed by atoms with Crippen molar-refractivity contribution in [3.05, 3.63) is 34.3 Å². The van der Waals surface area contributed by atoms with E-state index in [1.165, 1.54) is 9.80 Å². The highest BCUT2D eigenvalue weighted by atomic mass is 35.5. The van der Waals surface area contributed by atoms with E-state index in [2.05, 4.69) is 0 Å². The second-order valence-corrected chi connectivity index (χ2v) is 4.94. The molecule has 0 spiro atoms. The van der Waals surface area contributed by atoms with E-state index in [0.717, 1.165) is 5.56 Å². The number of amides is 2. The van der Waals surface area contributed by atoms with E-state index >= 15 is 0 Å². The number of likely N-dealkylation sites (N-methyl/N-ethyl adjacent to an activating group) is 1. The van der Waals surface area contributed by atoms with Gasteiger partial charge in [0.2, 0.25) is 0 Å². The molecule has 0 N–H and O–H groups in total. The number of halogens is 1. The third-order valence-electron chi connectivity index (χ3n) is 3.32. The summed E-state index contributed by atoms with van der Waals surface area (Å²) in [6.07, 6.45) is 0. The minimum absolute atomic E-state index is 0.284. The van der Waals surface area contributed by atoms with Crippen LogP contribution in [-0.4, -0.2) is 41.2 Å². The molecular formula is C14H14ClN3O2. The Hall–Kier alpha value is -2.06. The average Bonchev–Trinajstić information content (AvgIpc) is 2.46. The Morgan fingerprint density at radius 1 is 1.25 bits per heavy atom. The number of carbonyl (C=O) groups excluding carboxylic acids is 2. The molecule has 0 saturated carbocycles. The fourth-order valence-electron chi connectivity index (χ4n) is 2.12. The van der Waals surface area contributed by atoms with E-state index in [4.69, 9.17) is 16.9 Å². The zero-order valence-corrected chi connectivity index (χ0v) is 11.9. The van der Waals surface area contributed by atoms with Gasteiger partial charge < -0.3 is 9.80 Å². The molecule has 104 valence electrons. The Labute approximate surface area is 122 Å². The Kier molecular flexibility index (Phi) is 4.26. The van der Waals surface area contributed by atoms with Crippen LogP contribution in [0.3, 0.4) is 0 Å². The molecule has 5 nitrogen and oxygen atoms in total. The molecule has 0 atom stereocenters. The third-order valence-corrected chi connectivity index (χ3v) is 3.67. The molecule has 1 aromatic rings. The van der Waals surface area contributed by atoms with E-state index in [9.17, 15) is 9.59 Å². The predicted octanol–water partition coefficient (Wildman–Crippen LogP) is 1.40. The summed E-state index contributed by atoms with van der Waals surface area (Å²) in [5.74, 6) is -0.970. The number of hydrogen-bond donors (Lipinski definition) is 0. The van der Waals surface area contributed by atoms with Crippen molar-refractivity contribution in [2.24, 2.45) is 0 Å². The molecule has 1 aliphatic rings. The molecular weight excluding hydrogens is 278 g/mol. The lowest BCUT2D eigenvalue weighted by Crippen LogP contribution is -2.53. The molecule has 1 saturated heterocycles. The van der Waals surface area contributed by atoms with Gasteiger partial charge in [-0.3, -0.25) is 9.59 Å². The molecule has 6 heteroatoms. The minimum Gasteiger partial charge on any atom is -0.333 e. The van der Waals surface area contributed by atoms with E-state index in [0.29, 0.717) is 30.2 Å². The van der Waals surface area contributed by atoms with Crippen molar-refractivity contribution in [1.82, 2.24) is 9.80 Å². The largest absolute Gasteiger partial charge is 0.333 e. The first-order valence-electron chi connectivity index (χ1n) is 6.33. The second-order valence-electron chi connectivity index (χ2n) is 4.53. The van der Waals surface area contributed by atoms with Crippen molar-refractivity contribution in [3.8, 4) is 6.07 Å². The summed E-state index contributed by atoms with van der Waals surface area (Å²) < 4.78 is 0. The van der Waals surface area contributed by atoms with Crippen LogP contribution < -0.4 is 0 Å². The molecule has 0 bridgehead atoms. The minimum atomic E-state index is -0.501. The predicted molar refractivity (Wildman–Crippen MR) is 73.8 cm³/mol. The summed E-state index contributed by atoms with van der Waals surface area (Å²) in [4.78, 5) is 26.8. The lowest BCUT2D eigenvalue weighted by molar-refractivity contribution is -0.156. The van der Waals surface area contributed by atoms with Gasteiger partial charge >= 0.3 is 11.8 Å². The number of piperazine rings is 1. The number of rotatable bonds is 3. The number of carbonyl (C=O) groups is 2. The van der Waals surface area contributed by atoms with Crippen LogP contribution in [0.4, 0.5) is 0 Å². The molecule has 0 unspecified atom stereocenters. The van der Waals surface area contributed by atoms with Crippen LogP contribution >= 0.6 is 11.6 Å². The first-order chi connectivity index (χ1) is 9.56. The maximum atomic E-state index is 12.0. The summed E-state index contributed by atoms with van der Waals surface area (Å²) in [6.45, 7) is 3.70. The molecule has 20 heavy (non-hydrogen) atoms. The molecule has 1 heterocycles. The van der Waals surface area contributed by atoms with Gasteiger partial charge in [-0.2, -0.15) is 5.26 Å². The van der Waals surface area contributed by atoms with Crippen molar-refractivity contribution < 1.29 is 9.59 Å². The highest BCUT2D eigenvalue weighted by molar-refractivity contribution is 6.35. The molecule has 0 aromatic heterocycles. The van der Waals surface area contributed by atoms with Crippen LogP contribution in [-0.2, 0) is 16.1 Å². The molecule has 2 rings (SSSR count). The first kappa shape index (κ1) is 14.4. The zero-order chi connectivity index (χ0) is 14.7. The zero-order valence-electron chi connectivity index (χ0n) is 11.1. The molecule has 0 radical (unpaired) electrons. The van der Waals surface area contributed by atoms with Crippen molar-refractivity contribution in [2.75, 3.05) is 19.6 Å². The van der Waals surface area contributed by atoms with Crippen LogP contribution in [0.5, 0.6) is 0 Å². The van der Waals surface area contributed by atoms with Gasteiger partial charge in [-0.15, -0.1) is 0 Å². The van der Waals surface area contributed by atoms with Crippen molar-refractivity contribution in [1.29, 1.82) is 5.26 Å². The van der Waals surface area contributed by atoms with Crippen LogP contribution in [0.1, 0.15) is 18.1 Å². The van der Waals surface area contributed by atoms with Gasteiger partial charge in [-0.25, -0.2) is 0 Å². The van der Waals surface area contributed by atoms with Crippen molar-refractivity contribution in [2.45, 2.75) is 13.5 Å². The maximum absolute atomic E-state index is 12.0. The van der Waals surface area contributed by atoms with E-state index in [-0.39, 0.29) is 6.54 Å². The molecule has 1 aromatic carbocycles. The van der Waals surface area contributed by atoms with Crippen molar-refractivity contribution >= 4 is 23.4 Å². The summed E-state index contributed by atoms with van der Waals surface area (Å²) in [6, 6.07) is 6.92. The van der Waals surface area contributed by atoms with Gasteiger partial charge in [0, 0.05) is 31.2 Å². The van der Waals surface area contributed by atoms with Crippen LogP contribution in [0.2, 0.25) is 5.02 Å². The van der Waals surface area contributed by atoms with Gasteiger partial charge in [0.25, 0.3) is 0 Å². The lowest BCUT2D eigenvalue weighted by Gasteiger charge is -2.33. The number of hydrogen-bond acceptors (Lipinski definition) is 3. The second kappa shape index (κ2) is 5.93. The topological polar surface area (TPSA) is 64.4 Å². The van der Waals surface area contributed by atoms with Crippen LogP contribution in [0, 0.1) is 11.3 Å². The first-order valence-corrected chi connectivity index (χ1v) is 6.71. The number of nitriles is 1. The van der Waals surface area contributed by atoms with Gasteiger partial charge in [0.05, 0.1) is 11.6 Å². The Morgan fingerprint density at radius 3 is 2.50 bits per heavy atom. The Balaban J connectivity index is 2.13. The average molecular weight is 292 g/mol. The molecule has 1 fully saturated rings. The molecule has 2 amide bonds. The van der Waals surface area contributed by atoms with Crippen molar-refractivity contribution in [3.63, 3.8) is 0 Å². The van der Waals surface area contributed by atoms with Gasteiger partial charge in [0.15, 0.2) is 0 Å². The SMILES string of the molecule is CCN1CCN(Cc2ccc(C#N)cc2Cl)C(=O)C1=O. The number of nitrogens with zero attached hydrogens (tertiary/aromatic N) is 3. The van der Waals surface area contributed by atoms with E-state index in [1.54, 1.807) is 18.2 Å². The maximum Gasteiger partial charge on any atom is 0.312 e. The summed E-state index contributed by atoms with van der Waals surface area (Å²) in [5.41, 5.74) is 1.20.